The largest absolute Gasteiger partial charge is 0.478 e. The number of nitrogens with one attached hydrogen (secondary N) is 1. The van der Waals surface area contributed by atoms with Crippen LogP contribution in [0.15, 0.2) is 42.6 Å². The third kappa shape index (κ3) is 4.39. The molecule has 26 heavy (non-hydrogen) atoms. The molecule has 0 aliphatic carbocycles. The Morgan fingerprint density at radius 1 is 1.31 bits per heavy atom. The summed E-state index contributed by atoms with van der Waals surface area (Å²) >= 11 is 0. The quantitative estimate of drug-likeness (QED) is 0.830. The second kappa shape index (κ2) is 8.47. The van der Waals surface area contributed by atoms with Crippen LogP contribution in [0.1, 0.15) is 41.3 Å². The molecule has 1 aromatic carbocycles. The summed E-state index contributed by atoms with van der Waals surface area (Å²) in [5.41, 5.74) is 2.38. The summed E-state index contributed by atoms with van der Waals surface area (Å²) in [7, 11) is 0. The van der Waals surface area contributed by atoms with Crippen LogP contribution in [0.3, 0.4) is 0 Å². The summed E-state index contributed by atoms with van der Waals surface area (Å²) in [5, 5.41) is 2.90. The topological polar surface area (TPSA) is 71.5 Å². The molecule has 1 N–H and O–H groups in total. The van der Waals surface area contributed by atoms with Crippen molar-refractivity contribution in [3.8, 4) is 5.88 Å². The number of hydrogen-bond acceptors (Lipinski definition) is 4. The molecule has 0 radical (unpaired) electrons. The summed E-state index contributed by atoms with van der Waals surface area (Å²) in [6.07, 6.45) is 3.19. The molecule has 136 valence electrons. The molecule has 0 bridgehead atoms. The van der Waals surface area contributed by atoms with Crippen LogP contribution in [0.2, 0.25) is 0 Å². The standard InChI is InChI=1S/C20H23N3O3/c1-2-26-20-17(8-4-10-21-20)13-22-19(25)16-7-3-6-15(12-16)14-23-11-5-9-18(23)24/h3-4,6-8,10,12H,2,5,9,11,13-14H2,1H3,(H,22,25). The van der Waals surface area contributed by atoms with Crippen LogP contribution >= 0.6 is 0 Å². The predicted molar refractivity (Wildman–Crippen MR) is 97.7 cm³/mol. The number of rotatable bonds is 7. The van der Waals surface area contributed by atoms with E-state index in [1.54, 1.807) is 12.3 Å². The molecule has 2 aromatic rings. The average molecular weight is 353 g/mol. The Morgan fingerprint density at radius 3 is 2.96 bits per heavy atom. The Hall–Kier alpha value is -2.89. The van der Waals surface area contributed by atoms with Gasteiger partial charge in [0.2, 0.25) is 11.8 Å². The highest BCUT2D eigenvalue weighted by molar-refractivity contribution is 5.94. The Balaban J connectivity index is 1.63. The number of nitrogens with zero attached hydrogens (tertiary/aromatic N) is 2. The van der Waals surface area contributed by atoms with Crippen molar-refractivity contribution in [3.63, 3.8) is 0 Å². The summed E-state index contributed by atoms with van der Waals surface area (Å²) in [4.78, 5) is 30.3. The zero-order chi connectivity index (χ0) is 18.4. The fourth-order valence-corrected chi connectivity index (χ4v) is 3.01. The SMILES string of the molecule is CCOc1ncccc1CNC(=O)c1cccc(CN2CCCC2=O)c1. The lowest BCUT2D eigenvalue weighted by Crippen LogP contribution is -2.25. The van der Waals surface area contributed by atoms with Crippen LogP contribution in [-0.4, -0.2) is 34.8 Å². The second-order valence-corrected chi connectivity index (χ2v) is 6.20. The molecule has 6 heteroatoms. The number of aromatic nitrogens is 1. The Morgan fingerprint density at radius 2 is 2.19 bits per heavy atom. The summed E-state index contributed by atoms with van der Waals surface area (Å²) in [6.45, 7) is 4.10. The lowest BCUT2D eigenvalue weighted by Gasteiger charge is -2.16. The smallest absolute Gasteiger partial charge is 0.251 e. The van der Waals surface area contributed by atoms with Gasteiger partial charge in [0.1, 0.15) is 0 Å². The van der Waals surface area contributed by atoms with Crippen molar-refractivity contribution >= 4 is 11.8 Å². The molecular formula is C20H23N3O3. The summed E-state index contributed by atoms with van der Waals surface area (Å²) in [6, 6.07) is 11.1. The Bertz CT molecular complexity index is 791. The van der Waals surface area contributed by atoms with Crippen molar-refractivity contribution in [2.45, 2.75) is 32.9 Å². The number of benzene rings is 1. The summed E-state index contributed by atoms with van der Waals surface area (Å²) < 4.78 is 5.48. The first-order chi connectivity index (χ1) is 12.7. The average Bonchev–Trinajstić information content (AvgIpc) is 3.06. The van der Waals surface area contributed by atoms with Crippen molar-refractivity contribution in [2.75, 3.05) is 13.2 Å². The van der Waals surface area contributed by atoms with Crippen LogP contribution in [0.25, 0.3) is 0 Å². The minimum Gasteiger partial charge on any atom is -0.478 e. The fourth-order valence-electron chi connectivity index (χ4n) is 3.01. The molecule has 1 fully saturated rings. The highest BCUT2D eigenvalue weighted by Gasteiger charge is 2.20. The first-order valence-electron chi connectivity index (χ1n) is 8.89. The molecule has 1 aliphatic rings. The van der Waals surface area contributed by atoms with Gasteiger partial charge in [0.05, 0.1) is 6.61 Å². The number of ether oxygens (including phenoxy) is 1. The van der Waals surface area contributed by atoms with E-state index in [2.05, 4.69) is 10.3 Å². The third-order valence-electron chi connectivity index (χ3n) is 4.30. The predicted octanol–water partition coefficient (Wildman–Crippen LogP) is 2.53. The number of likely N-dealkylation sites (tertiary alicyclic amines) is 1. The molecule has 1 aliphatic heterocycles. The normalized spacial score (nSPS) is 13.7. The lowest BCUT2D eigenvalue weighted by molar-refractivity contribution is -0.128. The fraction of sp³-hybridized carbons (Fsp3) is 0.350. The maximum Gasteiger partial charge on any atom is 0.251 e. The molecule has 3 rings (SSSR count). The minimum absolute atomic E-state index is 0.161. The minimum atomic E-state index is -0.161. The third-order valence-corrected chi connectivity index (χ3v) is 4.30. The van der Waals surface area contributed by atoms with Gasteiger partial charge in [-0.25, -0.2) is 4.98 Å². The molecule has 0 spiro atoms. The van der Waals surface area contributed by atoms with Crippen molar-refractivity contribution in [1.82, 2.24) is 15.2 Å². The summed E-state index contributed by atoms with van der Waals surface area (Å²) in [5.74, 6) is 0.558. The van der Waals surface area contributed by atoms with E-state index in [-0.39, 0.29) is 11.8 Å². The van der Waals surface area contributed by atoms with Crippen molar-refractivity contribution in [1.29, 1.82) is 0 Å². The van der Waals surface area contributed by atoms with E-state index in [9.17, 15) is 9.59 Å². The Kier molecular flexibility index (Phi) is 5.84. The van der Waals surface area contributed by atoms with Crippen molar-refractivity contribution in [3.05, 3.63) is 59.3 Å². The molecule has 2 heterocycles. The van der Waals surface area contributed by atoms with E-state index >= 15 is 0 Å². The van der Waals surface area contributed by atoms with Gasteiger partial charge in [-0.1, -0.05) is 18.2 Å². The van der Waals surface area contributed by atoms with Crippen LogP contribution in [0, 0.1) is 0 Å². The van der Waals surface area contributed by atoms with Gasteiger partial charge in [-0.3, -0.25) is 9.59 Å². The highest BCUT2D eigenvalue weighted by atomic mass is 16.5. The first-order valence-corrected chi connectivity index (χ1v) is 8.89. The molecular weight excluding hydrogens is 330 g/mol. The van der Waals surface area contributed by atoms with E-state index in [0.29, 0.717) is 37.6 Å². The molecule has 0 saturated carbocycles. The Labute approximate surface area is 153 Å². The highest BCUT2D eigenvalue weighted by Crippen LogP contribution is 2.16. The zero-order valence-electron chi connectivity index (χ0n) is 14.9. The van der Waals surface area contributed by atoms with E-state index < -0.39 is 0 Å². The van der Waals surface area contributed by atoms with Crippen molar-refractivity contribution in [2.24, 2.45) is 0 Å². The van der Waals surface area contributed by atoms with Gasteiger partial charge >= 0.3 is 0 Å². The van der Waals surface area contributed by atoms with Crippen LogP contribution < -0.4 is 10.1 Å². The molecule has 2 amide bonds. The molecule has 1 aromatic heterocycles. The maximum absolute atomic E-state index is 12.5. The van der Waals surface area contributed by atoms with Gasteiger partial charge in [0.25, 0.3) is 5.91 Å². The van der Waals surface area contributed by atoms with E-state index in [0.717, 1.165) is 24.1 Å². The van der Waals surface area contributed by atoms with Crippen LogP contribution in [0.5, 0.6) is 5.88 Å². The molecule has 1 saturated heterocycles. The van der Waals surface area contributed by atoms with Gasteiger partial charge in [-0.15, -0.1) is 0 Å². The van der Waals surface area contributed by atoms with Gasteiger partial charge in [0.15, 0.2) is 0 Å². The number of carbonyl (C=O) groups is 2. The van der Waals surface area contributed by atoms with Gasteiger partial charge in [-0.2, -0.15) is 0 Å². The van der Waals surface area contributed by atoms with E-state index in [1.165, 1.54) is 0 Å². The van der Waals surface area contributed by atoms with Crippen LogP contribution in [-0.2, 0) is 17.9 Å². The first kappa shape index (κ1) is 17.9. The van der Waals surface area contributed by atoms with Crippen molar-refractivity contribution < 1.29 is 14.3 Å². The zero-order valence-corrected chi connectivity index (χ0v) is 14.9. The monoisotopic (exact) mass is 353 g/mol. The van der Waals surface area contributed by atoms with E-state index in [4.69, 9.17) is 4.74 Å². The molecule has 0 atom stereocenters. The number of hydrogen-bond donors (Lipinski definition) is 1. The van der Waals surface area contributed by atoms with Gasteiger partial charge < -0.3 is 15.0 Å². The lowest BCUT2D eigenvalue weighted by atomic mass is 10.1. The number of carbonyl (C=O) groups excluding carboxylic acids is 2. The maximum atomic E-state index is 12.5. The second-order valence-electron chi connectivity index (χ2n) is 6.20. The molecule has 0 unspecified atom stereocenters. The van der Waals surface area contributed by atoms with Gasteiger partial charge in [-0.05, 0) is 37.1 Å². The van der Waals surface area contributed by atoms with Gasteiger partial charge in [0, 0.05) is 43.4 Å². The van der Waals surface area contributed by atoms with Crippen LogP contribution in [0.4, 0.5) is 0 Å². The molecule has 6 nitrogen and oxygen atoms in total. The van der Waals surface area contributed by atoms with E-state index in [1.807, 2.05) is 42.2 Å². The number of amides is 2. The number of pyridine rings is 1.